The second-order valence-corrected chi connectivity index (χ2v) is 8.01. The zero-order chi connectivity index (χ0) is 21.8. The highest BCUT2D eigenvalue weighted by atomic mass is 19.1. The van der Waals surface area contributed by atoms with Gasteiger partial charge in [-0.1, -0.05) is 0 Å². The van der Waals surface area contributed by atoms with E-state index in [1.165, 1.54) is 6.07 Å². The van der Waals surface area contributed by atoms with Gasteiger partial charge in [0.15, 0.2) is 5.88 Å². The minimum absolute atomic E-state index is 0.0316. The van der Waals surface area contributed by atoms with Gasteiger partial charge in [-0.05, 0) is 45.9 Å². The molecular weight excluding hydrogens is 387 g/mol. The zero-order valence-corrected chi connectivity index (χ0v) is 18.3. The predicted octanol–water partition coefficient (Wildman–Crippen LogP) is 3.39. The first kappa shape index (κ1) is 22.1. The van der Waals surface area contributed by atoms with Crippen molar-refractivity contribution in [3.05, 3.63) is 29.6 Å². The molecule has 0 bridgehead atoms. The van der Waals surface area contributed by atoms with Gasteiger partial charge in [0, 0.05) is 51.4 Å². The summed E-state index contributed by atoms with van der Waals surface area (Å²) in [5, 5.41) is 23.4. The van der Waals surface area contributed by atoms with Crippen LogP contribution < -0.4 is 15.0 Å². The van der Waals surface area contributed by atoms with Crippen LogP contribution in [0, 0.1) is 12.7 Å². The van der Waals surface area contributed by atoms with Crippen molar-refractivity contribution in [3.63, 3.8) is 0 Å². The molecule has 0 amide bonds. The van der Waals surface area contributed by atoms with E-state index in [2.05, 4.69) is 15.1 Å². The molecule has 166 valence electrons. The van der Waals surface area contributed by atoms with Crippen molar-refractivity contribution < 1.29 is 19.3 Å². The van der Waals surface area contributed by atoms with Gasteiger partial charge >= 0.3 is 0 Å². The molecule has 0 saturated carbocycles. The molecule has 7 nitrogen and oxygen atoms in total. The summed E-state index contributed by atoms with van der Waals surface area (Å²) in [6.07, 6.45) is 0.837. The van der Waals surface area contributed by atoms with Gasteiger partial charge in [0.05, 0.1) is 11.8 Å². The Kier molecular flexibility index (Phi) is 6.97. The second-order valence-electron chi connectivity index (χ2n) is 8.01. The van der Waals surface area contributed by atoms with Crippen LogP contribution in [0.3, 0.4) is 0 Å². The quantitative estimate of drug-likeness (QED) is 0.608. The molecule has 30 heavy (non-hydrogen) atoms. The van der Waals surface area contributed by atoms with Crippen molar-refractivity contribution in [1.29, 1.82) is 0 Å². The minimum atomic E-state index is -0.258. The largest absolute Gasteiger partial charge is 0.494 e. The van der Waals surface area contributed by atoms with Crippen molar-refractivity contribution in [2.45, 2.75) is 39.8 Å². The van der Waals surface area contributed by atoms with Crippen LogP contribution in [0.4, 0.5) is 15.8 Å². The fourth-order valence-electron chi connectivity index (χ4n) is 3.98. The molecular formula is C22H33FN4O3. The molecule has 8 heteroatoms. The highest BCUT2D eigenvalue weighted by Crippen LogP contribution is 2.37. The number of anilines is 2. The number of aromatic nitrogens is 1. The van der Waals surface area contributed by atoms with E-state index in [4.69, 9.17) is 4.74 Å². The smallest absolute Gasteiger partial charge is 0.218 e. The molecule has 1 aromatic carbocycles. The Morgan fingerprint density at radius 3 is 2.40 bits per heavy atom. The molecule has 3 rings (SSSR count). The Morgan fingerprint density at radius 2 is 1.80 bits per heavy atom. The number of halogens is 1. The standard InChI is InChI=1S/C22H33FN4O3/c1-15(2)30-19-7-6-17(23)14-18(19)26-12-10-25(11-13-26)8-5-9-27-21(28)16(3)20(24-4)22(27)29/h6-7,14-15,24,28-29H,5,8-13H2,1-4H3. The lowest BCUT2D eigenvalue weighted by Gasteiger charge is -2.37. The molecule has 1 saturated heterocycles. The summed E-state index contributed by atoms with van der Waals surface area (Å²) in [6.45, 7) is 10.4. The van der Waals surface area contributed by atoms with Crippen molar-refractivity contribution in [2.24, 2.45) is 0 Å². The molecule has 1 aromatic heterocycles. The first-order chi connectivity index (χ1) is 14.3. The third-order valence-corrected chi connectivity index (χ3v) is 5.55. The molecule has 0 spiro atoms. The fraction of sp³-hybridized carbons (Fsp3) is 0.545. The molecule has 2 aromatic rings. The maximum atomic E-state index is 13.8. The topological polar surface area (TPSA) is 73.1 Å². The van der Waals surface area contributed by atoms with E-state index in [0.29, 0.717) is 23.5 Å². The van der Waals surface area contributed by atoms with Gasteiger partial charge in [0.2, 0.25) is 5.88 Å². The number of ether oxygens (including phenoxy) is 1. The number of hydrogen-bond donors (Lipinski definition) is 3. The van der Waals surface area contributed by atoms with Gasteiger partial charge in [-0.15, -0.1) is 0 Å². The Bertz CT molecular complexity index is 861. The van der Waals surface area contributed by atoms with Crippen LogP contribution in [-0.4, -0.2) is 65.6 Å². The first-order valence-corrected chi connectivity index (χ1v) is 10.5. The second kappa shape index (κ2) is 9.47. The van der Waals surface area contributed by atoms with E-state index in [1.807, 2.05) is 13.8 Å². The lowest BCUT2D eigenvalue weighted by molar-refractivity contribution is 0.234. The van der Waals surface area contributed by atoms with E-state index >= 15 is 0 Å². The van der Waals surface area contributed by atoms with Gasteiger partial charge in [-0.2, -0.15) is 0 Å². The SMILES string of the molecule is CNc1c(C)c(O)n(CCCN2CCN(c3cc(F)ccc3OC(C)C)CC2)c1O. The Hall–Kier alpha value is -2.61. The Labute approximate surface area is 177 Å². The van der Waals surface area contributed by atoms with Crippen LogP contribution in [0.15, 0.2) is 18.2 Å². The van der Waals surface area contributed by atoms with E-state index < -0.39 is 0 Å². The number of nitrogens with one attached hydrogen (secondary N) is 1. The van der Waals surface area contributed by atoms with Crippen molar-refractivity contribution in [3.8, 4) is 17.5 Å². The molecule has 0 unspecified atom stereocenters. The van der Waals surface area contributed by atoms with Gasteiger partial charge in [0.25, 0.3) is 0 Å². The predicted molar refractivity (Wildman–Crippen MR) is 117 cm³/mol. The van der Waals surface area contributed by atoms with Crippen molar-refractivity contribution >= 4 is 11.4 Å². The third-order valence-electron chi connectivity index (χ3n) is 5.55. The number of hydrogen-bond acceptors (Lipinski definition) is 6. The van der Waals surface area contributed by atoms with Gasteiger partial charge in [-0.3, -0.25) is 9.47 Å². The van der Waals surface area contributed by atoms with E-state index in [9.17, 15) is 14.6 Å². The summed E-state index contributed by atoms with van der Waals surface area (Å²) in [7, 11) is 1.72. The molecule has 1 fully saturated rings. The van der Waals surface area contributed by atoms with Gasteiger partial charge in [0.1, 0.15) is 17.3 Å². The first-order valence-electron chi connectivity index (χ1n) is 10.5. The number of piperazine rings is 1. The van der Waals surface area contributed by atoms with Crippen molar-refractivity contribution in [2.75, 3.05) is 50.0 Å². The molecule has 0 radical (unpaired) electrons. The summed E-state index contributed by atoms with van der Waals surface area (Å²) in [4.78, 5) is 4.52. The summed E-state index contributed by atoms with van der Waals surface area (Å²) >= 11 is 0. The van der Waals surface area contributed by atoms with Crippen LogP contribution in [0.25, 0.3) is 0 Å². The monoisotopic (exact) mass is 420 g/mol. The average Bonchev–Trinajstić information content (AvgIpc) is 2.92. The van der Waals surface area contributed by atoms with Gasteiger partial charge in [-0.25, -0.2) is 4.39 Å². The van der Waals surface area contributed by atoms with E-state index in [0.717, 1.165) is 44.8 Å². The summed E-state index contributed by atoms with van der Waals surface area (Å²) in [6, 6.07) is 4.69. The maximum Gasteiger partial charge on any atom is 0.218 e. The average molecular weight is 421 g/mol. The lowest BCUT2D eigenvalue weighted by Crippen LogP contribution is -2.47. The Morgan fingerprint density at radius 1 is 1.10 bits per heavy atom. The lowest BCUT2D eigenvalue weighted by atomic mass is 10.2. The third kappa shape index (κ3) is 4.75. The van der Waals surface area contributed by atoms with Gasteiger partial charge < -0.3 is 25.2 Å². The number of rotatable bonds is 8. The van der Waals surface area contributed by atoms with Crippen LogP contribution >= 0.6 is 0 Å². The van der Waals surface area contributed by atoms with E-state index in [1.54, 1.807) is 30.7 Å². The van der Waals surface area contributed by atoms with Crippen LogP contribution in [0.1, 0.15) is 25.8 Å². The molecule has 1 aliphatic heterocycles. The normalized spacial score (nSPS) is 15.1. The highest BCUT2D eigenvalue weighted by Gasteiger charge is 2.22. The zero-order valence-electron chi connectivity index (χ0n) is 18.3. The minimum Gasteiger partial charge on any atom is -0.494 e. The molecule has 3 N–H and O–H groups in total. The molecule has 2 heterocycles. The summed E-state index contributed by atoms with van der Waals surface area (Å²) < 4.78 is 21.2. The van der Waals surface area contributed by atoms with Crippen LogP contribution in [-0.2, 0) is 6.54 Å². The summed E-state index contributed by atoms with van der Waals surface area (Å²) in [5.74, 6) is 0.631. The number of aromatic hydroxyl groups is 2. The van der Waals surface area contributed by atoms with E-state index in [-0.39, 0.29) is 23.7 Å². The maximum absolute atomic E-state index is 13.8. The summed E-state index contributed by atoms with van der Waals surface area (Å²) in [5.41, 5.74) is 2.02. The van der Waals surface area contributed by atoms with Crippen LogP contribution in [0.5, 0.6) is 17.5 Å². The number of benzene rings is 1. The van der Waals surface area contributed by atoms with Crippen molar-refractivity contribution in [1.82, 2.24) is 9.47 Å². The molecule has 0 atom stereocenters. The highest BCUT2D eigenvalue weighted by molar-refractivity contribution is 5.64. The molecule has 1 aliphatic rings. The Balaban J connectivity index is 1.54. The van der Waals surface area contributed by atoms with Crippen LogP contribution in [0.2, 0.25) is 0 Å². The number of nitrogens with zero attached hydrogens (tertiary/aromatic N) is 3. The molecule has 0 aliphatic carbocycles. The fourth-order valence-corrected chi connectivity index (χ4v) is 3.98.